The van der Waals surface area contributed by atoms with Gasteiger partial charge in [0.2, 0.25) is 0 Å². The molecule has 1 amide bonds. The van der Waals surface area contributed by atoms with Gasteiger partial charge in [-0.15, -0.1) is 0 Å². The third kappa shape index (κ3) is 3.12. The second-order valence-corrected chi connectivity index (χ2v) is 6.02. The van der Waals surface area contributed by atoms with E-state index in [4.69, 9.17) is 0 Å². The zero-order valence-electron chi connectivity index (χ0n) is 14.2. The second kappa shape index (κ2) is 6.68. The number of aromatic amines is 2. The van der Waals surface area contributed by atoms with Crippen molar-refractivity contribution in [3.8, 4) is 11.3 Å². The second-order valence-electron chi connectivity index (χ2n) is 6.02. The van der Waals surface area contributed by atoms with Crippen molar-refractivity contribution < 1.29 is 4.79 Å². The van der Waals surface area contributed by atoms with Crippen molar-refractivity contribution in [2.45, 2.75) is 6.92 Å². The zero-order chi connectivity index (χ0) is 17.9. The van der Waals surface area contributed by atoms with E-state index in [1.165, 1.54) is 5.56 Å². The van der Waals surface area contributed by atoms with Gasteiger partial charge < -0.3 is 4.98 Å². The van der Waals surface area contributed by atoms with Crippen molar-refractivity contribution in [3.63, 3.8) is 0 Å². The molecule has 2 aromatic heterocycles. The first-order chi connectivity index (χ1) is 12.7. The normalized spacial score (nSPS) is 11.3. The summed E-state index contributed by atoms with van der Waals surface area (Å²) in [5.41, 5.74) is 7.66. The van der Waals surface area contributed by atoms with Crippen LogP contribution in [-0.4, -0.2) is 27.3 Å². The highest BCUT2D eigenvalue weighted by Gasteiger charge is 2.10. The van der Waals surface area contributed by atoms with Crippen LogP contribution in [0.2, 0.25) is 0 Å². The van der Waals surface area contributed by atoms with Gasteiger partial charge in [-0.1, -0.05) is 48.0 Å². The van der Waals surface area contributed by atoms with Gasteiger partial charge in [0.1, 0.15) is 5.69 Å². The Kier molecular flexibility index (Phi) is 4.07. The zero-order valence-corrected chi connectivity index (χ0v) is 14.2. The first-order valence-electron chi connectivity index (χ1n) is 8.23. The van der Waals surface area contributed by atoms with Crippen LogP contribution in [-0.2, 0) is 0 Å². The number of aryl methyl sites for hydroxylation is 1. The smallest absolute Gasteiger partial charge is 0.289 e. The number of amides is 1. The molecular formula is C20H17N5O. The number of hydrogen-bond acceptors (Lipinski definition) is 3. The van der Waals surface area contributed by atoms with Crippen molar-refractivity contribution in [1.29, 1.82) is 0 Å². The van der Waals surface area contributed by atoms with E-state index in [-0.39, 0.29) is 5.91 Å². The number of carbonyl (C=O) groups is 1. The van der Waals surface area contributed by atoms with Crippen LogP contribution in [0.25, 0.3) is 22.2 Å². The van der Waals surface area contributed by atoms with Gasteiger partial charge in [-0.2, -0.15) is 10.2 Å². The fraction of sp³-hybridized carbons (Fsp3) is 0.0500. The van der Waals surface area contributed by atoms with Gasteiger partial charge in [-0.25, -0.2) is 5.43 Å². The lowest BCUT2D eigenvalue weighted by Gasteiger charge is -1.96. The predicted octanol–water partition coefficient (Wildman–Crippen LogP) is 3.63. The standard InChI is InChI=1S/C20H17N5O/c1-13-6-8-14(9-7-13)18-10-19(24-23-18)20(26)25-22-12-15-11-21-17-5-3-2-4-16(15)17/h2-12,21H,1H3,(H,23,24)(H,25,26)/b22-12+. The third-order valence-electron chi connectivity index (χ3n) is 4.16. The van der Waals surface area contributed by atoms with Crippen molar-refractivity contribution in [3.05, 3.63) is 77.6 Å². The molecule has 0 bridgehead atoms. The van der Waals surface area contributed by atoms with Crippen LogP contribution in [0, 0.1) is 6.92 Å². The van der Waals surface area contributed by atoms with Crippen LogP contribution in [0.3, 0.4) is 0 Å². The van der Waals surface area contributed by atoms with Gasteiger partial charge in [0.05, 0.1) is 11.9 Å². The number of benzene rings is 2. The average molecular weight is 343 g/mol. The van der Waals surface area contributed by atoms with Crippen molar-refractivity contribution in [2.75, 3.05) is 0 Å². The van der Waals surface area contributed by atoms with Gasteiger partial charge in [0.25, 0.3) is 5.91 Å². The highest BCUT2D eigenvalue weighted by molar-refractivity contribution is 6.00. The molecule has 0 spiro atoms. The maximum absolute atomic E-state index is 12.2. The number of nitrogens with one attached hydrogen (secondary N) is 3. The van der Waals surface area contributed by atoms with Gasteiger partial charge in [-0.05, 0) is 19.1 Å². The molecule has 2 heterocycles. The monoisotopic (exact) mass is 343 g/mol. The lowest BCUT2D eigenvalue weighted by Crippen LogP contribution is -2.17. The number of rotatable bonds is 4. The van der Waals surface area contributed by atoms with Crippen molar-refractivity contribution in [1.82, 2.24) is 20.6 Å². The molecule has 0 atom stereocenters. The van der Waals surface area contributed by atoms with Crippen molar-refractivity contribution >= 4 is 23.0 Å². The summed E-state index contributed by atoms with van der Waals surface area (Å²) in [6, 6.07) is 17.6. The van der Waals surface area contributed by atoms with E-state index < -0.39 is 0 Å². The van der Waals surface area contributed by atoms with Gasteiger partial charge in [-0.3, -0.25) is 9.89 Å². The Morgan fingerprint density at radius 2 is 1.96 bits per heavy atom. The van der Waals surface area contributed by atoms with E-state index in [0.717, 1.165) is 27.7 Å². The highest BCUT2D eigenvalue weighted by atomic mass is 16.2. The number of fused-ring (bicyclic) bond motifs is 1. The first-order valence-corrected chi connectivity index (χ1v) is 8.23. The molecule has 6 nitrogen and oxygen atoms in total. The summed E-state index contributed by atoms with van der Waals surface area (Å²) < 4.78 is 0. The molecule has 26 heavy (non-hydrogen) atoms. The summed E-state index contributed by atoms with van der Waals surface area (Å²) in [5.74, 6) is -0.341. The minimum absolute atomic E-state index is 0.341. The average Bonchev–Trinajstić information content (AvgIpc) is 3.30. The van der Waals surface area contributed by atoms with Gasteiger partial charge in [0.15, 0.2) is 0 Å². The summed E-state index contributed by atoms with van der Waals surface area (Å²) in [7, 11) is 0. The molecule has 0 aliphatic carbocycles. The lowest BCUT2D eigenvalue weighted by atomic mass is 10.1. The number of hydrazone groups is 1. The molecule has 0 unspecified atom stereocenters. The molecule has 0 saturated heterocycles. The molecule has 4 aromatic rings. The van der Waals surface area contributed by atoms with E-state index in [1.54, 1.807) is 12.3 Å². The quantitative estimate of drug-likeness (QED) is 0.390. The molecule has 3 N–H and O–H groups in total. The molecule has 0 fully saturated rings. The third-order valence-corrected chi connectivity index (χ3v) is 4.16. The molecule has 0 aliphatic heterocycles. The number of carbonyl (C=O) groups excluding carboxylic acids is 1. The van der Waals surface area contributed by atoms with Crippen LogP contribution in [0.5, 0.6) is 0 Å². The number of para-hydroxylation sites is 1. The maximum atomic E-state index is 12.2. The Morgan fingerprint density at radius 1 is 1.15 bits per heavy atom. The van der Waals surface area contributed by atoms with Crippen LogP contribution in [0.1, 0.15) is 21.6 Å². The van der Waals surface area contributed by atoms with E-state index in [0.29, 0.717) is 5.69 Å². The minimum Gasteiger partial charge on any atom is -0.361 e. The Labute approximate surface area is 150 Å². The van der Waals surface area contributed by atoms with Crippen LogP contribution >= 0.6 is 0 Å². The van der Waals surface area contributed by atoms with E-state index in [2.05, 4.69) is 25.7 Å². The van der Waals surface area contributed by atoms with E-state index in [1.807, 2.05) is 61.7 Å². The first kappa shape index (κ1) is 15.8. The van der Waals surface area contributed by atoms with Crippen LogP contribution in [0.15, 0.2) is 65.9 Å². The molecule has 0 radical (unpaired) electrons. The number of hydrogen-bond donors (Lipinski definition) is 3. The Bertz CT molecular complexity index is 1090. The molecule has 0 saturated carbocycles. The lowest BCUT2D eigenvalue weighted by molar-refractivity contribution is 0.0950. The summed E-state index contributed by atoms with van der Waals surface area (Å²) in [6.07, 6.45) is 3.47. The maximum Gasteiger partial charge on any atom is 0.289 e. The molecular weight excluding hydrogens is 326 g/mol. The molecule has 2 aromatic carbocycles. The molecule has 6 heteroatoms. The van der Waals surface area contributed by atoms with Gasteiger partial charge in [0, 0.05) is 28.2 Å². The fourth-order valence-electron chi connectivity index (χ4n) is 2.73. The van der Waals surface area contributed by atoms with Crippen LogP contribution in [0.4, 0.5) is 0 Å². The Hall–Kier alpha value is -3.67. The number of nitrogens with zero attached hydrogens (tertiary/aromatic N) is 2. The van der Waals surface area contributed by atoms with E-state index in [9.17, 15) is 4.79 Å². The highest BCUT2D eigenvalue weighted by Crippen LogP contribution is 2.18. The summed E-state index contributed by atoms with van der Waals surface area (Å²) in [4.78, 5) is 15.4. The summed E-state index contributed by atoms with van der Waals surface area (Å²) in [5, 5.41) is 12.0. The largest absolute Gasteiger partial charge is 0.361 e. The topological polar surface area (TPSA) is 85.9 Å². The fourth-order valence-corrected chi connectivity index (χ4v) is 2.73. The van der Waals surface area contributed by atoms with Crippen molar-refractivity contribution in [2.24, 2.45) is 5.10 Å². The molecule has 0 aliphatic rings. The SMILES string of the molecule is Cc1ccc(-c2cc(C(=O)N/N=C/c3c[nH]c4ccccc34)[nH]n2)cc1. The Morgan fingerprint density at radius 3 is 2.81 bits per heavy atom. The van der Waals surface area contributed by atoms with Crippen LogP contribution < -0.4 is 5.43 Å². The minimum atomic E-state index is -0.341. The summed E-state index contributed by atoms with van der Waals surface area (Å²) in [6.45, 7) is 2.03. The molecule has 4 rings (SSSR count). The number of H-pyrrole nitrogens is 2. The predicted molar refractivity (Wildman–Crippen MR) is 102 cm³/mol. The number of aromatic nitrogens is 3. The molecule has 128 valence electrons. The Balaban J connectivity index is 1.46. The van der Waals surface area contributed by atoms with E-state index >= 15 is 0 Å². The van der Waals surface area contributed by atoms with Gasteiger partial charge >= 0.3 is 0 Å². The summed E-state index contributed by atoms with van der Waals surface area (Å²) >= 11 is 0.